The van der Waals surface area contributed by atoms with Crippen molar-refractivity contribution < 1.29 is 4.79 Å². The van der Waals surface area contributed by atoms with Gasteiger partial charge in [0, 0.05) is 29.2 Å². The number of nitrogens with zero attached hydrogens (tertiary/aromatic N) is 3. The Morgan fingerprint density at radius 3 is 2.76 bits per heavy atom. The fourth-order valence-electron chi connectivity index (χ4n) is 3.41. The van der Waals surface area contributed by atoms with Gasteiger partial charge in [-0.3, -0.25) is 14.5 Å². The van der Waals surface area contributed by atoms with E-state index in [0.29, 0.717) is 5.56 Å². The normalized spacial score (nSPS) is 16.2. The SMILES string of the molecule is O=C(NC1CCCc2c1cnn2Cc1ccccc1)c1ccncc1. The molecule has 1 atom stereocenters. The quantitative estimate of drug-likeness (QED) is 0.798. The molecule has 5 heteroatoms. The van der Waals surface area contributed by atoms with Gasteiger partial charge in [0.15, 0.2) is 0 Å². The van der Waals surface area contributed by atoms with Crippen molar-refractivity contribution in [3.63, 3.8) is 0 Å². The Morgan fingerprint density at radius 2 is 1.96 bits per heavy atom. The highest BCUT2D eigenvalue weighted by molar-refractivity contribution is 5.94. The molecule has 0 saturated carbocycles. The summed E-state index contributed by atoms with van der Waals surface area (Å²) in [6.45, 7) is 0.765. The smallest absolute Gasteiger partial charge is 0.251 e. The van der Waals surface area contributed by atoms with Crippen LogP contribution < -0.4 is 5.32 Å². The predicted octanol–water partition coefficient (Wildman–Crippen LogP) is 3.13. The van der Waals surface area contributed by atoms with Crippen LogP contribution in [0.5, 0.6) is 0 Å². The Hall–Kier alpha value is -2.95. The number of pyridine rings is 1. The van der Waals surface area contributed by atoms with Crippen LogP contribution in [0.1, 0.15) is 46.1 Å². The van der Waals surface area contributed by atoms with E-state index in [1.165, 1.54) is 11.3 Å². The molecule has 2 aromatic heterocycles. The van der Waals surface area contributed by atoms with E-state index in [9.17, 15) is 4.79 Å². The third kappa shape index (κ3) is 3.31. The second kappa shape index (κ2) is 6.89. The van der Waals surface area contributed by atoms with E-state index < -0.39 is 0 Å². The highest BCUT2D eigenvalue weighted by Gasteiger charge is 2.25. The molecule has 0 spiro atoms. The van der Waals surface area contributed by atoms with Gasteiger partial charge in [-0.25, -0.2) is 0 Å². The molecule has 1 aliphatic rings. The summed E-state index contributed by atoms with van der Waals surface area (Å²) in [4.78, 5) is 16.4. The predicted molar refractivity (Wildman–Crippen MR) is 95.2 cm³/mol. The maximum atomic E-state index is 12.5. The van der Waals surface area contributed by atoms with E-state index in [4.69, 9.17) is 0 Å². The van der Waals surface area contributed by atoms with Crippen LogP contribution in [0.15, 0.2) is 61.1 Å². The fraction of sp³-hybridized carbons (Fsp3) is 0.250. The van der Waals surface area contributed by atoms with E-state index in [1.54, 1.807) is 24.5 Å². The molecule has 126 valence electrons. The number of fused-ring (bicyclic) bond motifs is 1. The molecule has 5 nitrogen and oxygen atoms in total. The second-order valence-corrected chi connectivity index (χ2v) is 6.34. The average Bonchev–Trinajstić information content (AvgIpc) is 3.07. The minimum absolute atomic E-state index is 0.0222. The van der Waals surface area contributed by atoms with E-state index >= 15 is 0 Å². The first-order valence-electron chi connectivity index (χ1n) is 8.60. The number of amides is 1. The third-order valence-electron chi connectivity index (χ3n) is 4.69. The largest absolute Gasteiger partial charge is 0.345 e. The van der Waals surface area contributed by atoms with E-state index in [-0.39, 0.29) is 11.9 Å². The molecular weight excluding hydrogens is 312 g/mol. The van der Waals surface area contributed by atoms with Gasteiger partial charge in [0.25, 0.3) is 5.91 Å². The third-order valence-corrected chi connectivity index (χ3v) is 4.69. The second-order valence-electron chi connectivity index (χ2n) is 6.34. The Balaban J connectivity index is 1.54. The molecule has 4 rings (SSSR count). The zero-order valence-corrected chi connectivity index (χ0v) is 13.9. The van der Waals surface area contributed by atoms with Crippen LogP contribution in [0.2, 0.25) is 0 Å². The Bertz CT molecular complexity index is 858. The van der Waals surface area contributed by atoms with Crippen molar-refractivity contribution in [2.75, 3.05) is 0 Å². The molecule has 1 aliphatic carbocycles. The van der Waals surface area contributed by atoms with Crippen molar-refractivity contribution in [2.24, 2.45) is 0 Å². The van der Waals surface area contributed by atoms with Crippen molar-refractivity contribution in [1.82, 2.24) is 20.1 Å². The van der Waals surface area contributed by atoms with E-state index in [1.807, 2.05) is 24.4 Å². The number of hydrogen-bond acceptors (Lipinski definition) is 3. The number of rotatable bonds is 4. The summed E-state index contributed by atoms with van der Waals surface area (Å²) in [5, 5.41) is 7.73. The molecule has 0 radical (unpaired) electrons. The average molecular weight is 332 g/mol. The van der Waals surface area contributed by atoms with Gasteiger partial charge >= 0.3 is 0 Å². The molecular formula is C20H20N4O. The maximum absolute atomic E-state index is 12.5. The number of nitrogens with one attached hydrogen (secondary N) is 1. The van der Waals surface area contributed by atoms with Crippen molar-refractivity contribution in [2.45, 2.75) is 31.8 Å². The lowest BCUT2D eigenvalue weighted by atomic mass is 9.92. The summed E-state index contributed by atoms with van der Waals surface area (Å²) in [5.41, 5.74) is 4.25. The summed E-state index contributed by atoms with van der Waals surface area (Å²) >= 11 is 0. The lowest BCUT2D eigenvalue weighted by Crippen LogP contribution is -2.31. The highest BCUT2D eigenvalue weighted by Crippen LogP contribution is 2.30. The summed E-state index contributed by atoms with van der Waals surface area (Å²) in [5.74, 6) is -0.0592. The van der Waals surface area contributed by atoms with Gasteiger partial charge in [0.2, 0.25) is 0 Å². The first kappa shape index (κ1) is 15.6. The topological polar surface area (TPSA) is 59.8 Å². The van der Waals surface area contributed by atoms with Crippen molar-refractivity contribution >= 4 is 5.91 Å². The van der Waals surface area contributed by atoms with Crippen molar-refractivity contribution in [3.05, 3.63) is 83.4 Å². The molecule has 1 aromatic carbocycles. The first-order chi connectivity index (χ1) is 12.3. The number of benzene rings is 1. The van der Waals surface area contributed by atoms with Gasteiger partial charge in [-0.1, -0.05) is 30.3 Å². The van der Waals surface area contributed by atoms with Crippen LogP contribution >= 0.6 is 0 Å². The summed E-state index contributed by atoms with van der Waals surface area (Å²) in [6, 6.07) is 13.8. The van der Waals surface area contributed by atoms with Crippen LogP contribution in [0.4, 0.5) is 0 Å². The van der Waals surface area contributed by atoms with Gasteiger partial charge in [0.05, 0.1) is 18.8 Å². The number of hydrogen-bond donors (Lipinski definition) is 1. The minimum atomic E-state index is -0.0592. The number of carbonyl (C=O) groups excluding carboxylic acids is 1. The van der Waals surface area contributed by atoms with Gasteiger partial charge in [-0.2, -0.15) is 5.10 Å². The highest BCUT2D eigenvalue weighted by atomic mass is 16.1. The molecule has 0 bridgehead atoms. The molecule has 0 saturated heterocycles. The Labute approximate surface area is 146 Å². The molecule has 1 amide bonds. The molecule has 25 heavy (non-hydrogen) atoms. The van der Waals surface area contributed by atoms with Gasteiger partial charge in [-0.05, 0) is 37.0 Å². The first-order valence-corrected chi connectivity index (χ1v) is 8.60. The lowest BCUT2D eigenvalue weighted by molar-refractivity contribution is 0.0932. The van der Waals surface area contributed by atoms with Crippen LogP contribution in [-0.2, 0) is 13.0 Å². The maximum Gasteiger partial charge on any atom is 0.251 e. The zero-order valence-electron chi connectivity index (χ0n) is 13.9. The summed E-state index contributed by atoms with van der Waals surface area (Å²) in [7, 11) is 0. The monoisotopic (exact) mass is 332 g/mol. The molecule has 0 aliphatic heterocycles. The lowest BCUT2D eigenvalue weighted by Gasteiger charge is -2.24. The molecule has 1 N–H and O–H groups in total. The van der Waals surface area contributed by atoms with Crippen molar-refractivity contribution in [3.8, 4) is 0 Å². The molecule has 2 heterocycles. The fourth-order valence-corrected chi connectivity index (χ4v) is 3.41. The molecule has 1 unspecified atom stereocenters. The van der Waals surface area contributed by atoms with Crippen LogP contribution in [0, 0.1) is 0 Å². The van der Waals surface area contributed by atoms with E-state index in [0.717, 1.165) is 31.4 Å². The molecule has 0 fully saturated rings. The van der Waals surface area contributed by atoms with Crippen LogP contribution in [0.3, 0.4) is 0 Å². The van der Waals surface area contributed by atoms with E-state index in [2.05, 4.69) is 32.2 Å². The molecule has 3 aromatic rings. The zero-order chi connectivity index (χ0) is 17.1. The van der Waals surface area contributed by atoms with Crippen LogP contribution in [-0.4, -0.2) is 20.7 Å². The van der Waals surface area contributed by atoms with Gasteiger partial charge in [0.1, 0.15) is 0 Å². The number of carbonyl (C=O) groups is 1. The number of aromatic nitrogens is 3. The van der Waals surface area contributed by atoms with Crippen LogP contribution in [0.25, 0.3) is 0 Å². The Morgan fingerprint density at radius 1 is 1.16 bits per heavy atom. The standard InChI is InChI=1S/C20H20N4O/c25-20(16-9-11-21-12-10-16)23-18-7-4-8-19-17(18)13-22-24(19)14-15-5-2-1-3-6-15/h1-3,5-6,9-13,18H,4,7-8,14H2,(H,23,25). The van der Waals surface area contributed by atoms with Gasteiger partial charge < -0.3 is 5.32 Å². The van der Waals surface area contributed by atoms with Crippen molar-refractivity contribution in [1.29, 1.82) is 0 Å². The van der Waals surface area contributed by atoms with Gasteiger partial charge in [-0.15, -0.1) is 0 Å². The summed E-state index contributed by atoms with van der Waals surface area (Å²) in [6.07, 6.45) is 8.19. The Kier molecular flexibility index (Phi) is 4.29. The minimum Gasteiger partial charge on any atom is -0.345 e. The summed E-state index contributed by atoms with van der Waals surface area (Å²) < 4.78 is 2.06.